The summed E-state index contributed by atoms with van der Waals surface area (Å²) in [6, 6.07) is 6.65. The Labute approximate surface area is 102 Å². The minimum Gasteiger partial charge on any atom is -0.390 e. The van der Waals surface area contributed by atoms with Gasteiger partial charge < -0.3 is 15.4 Å². The normalized spacial score (nSPS) is 11.7. The Hall–Kier alpha value is -1.95. The van der Waals surface area contributed by atoms with Crippen LogP contribution < -0.4 is 5.32 Å². The molecule has 3 N–H and O–H groups in total. The molecular formula is C12H12F2N2O2. The zero-order valence-electron chi connectivity index (χ0n) is 9.41. The summed E-state index contributed by atoms with van der Waals surface area (Å²) in [5.41, 5.74) is 1.17. The number of hydrogen-bond acceptors (Lipinski definition) is 2. The fourth-order valence-corrected chi connectivity index (χ4v) is 1.56. The Kier molecular flexibility index (Phi) is 3.29. The van der Waals surface area contributed by atoms with E-state index >= 15 is 0 Å². The van der Waals surface area contributed by atoms with Crippen molar-refractivity contribution in [2.24, 2.45) is 0 Å². The number of carbonyl (C=O) groups is 1. The highest BCUT2D eigenvalue weighted by Gasteiger charge is 2.28. The summed E-state index contributed by atoms with van der Waals surface area (Å²) < 4.78 is 25.5. The smallest absolute Gasteiger partial charge is 0.287 e. The second-order valence-corrected chi connectivity index (χ2v) is 3.98. The first-order chi connectivity index (χ1) is 8.52. The number of carbonyl (C=O) groups excluding carboxylic acids is 1. The number of rotatable bonds is 4. The number of aliphatic hydroxyl groups is 1. The van der Waals surface area contributed by atoms with Gasteiger partial charge in [0, 0.05) is 22.7 Å². The lowest BCUT2D eigenvalue weighted by molar-refractivity contribution is -0.0462. The van der Waals surface area contributed by atoms with Crippen LogP contribution in [0.1, 0.15) is 10.4 Å². The van der Waals surface area contributed by atoms with Crippen LogP contribution in [0.3, 0.4) is 0 Å². The molecule has 0 aliphatic rings. The predicted octanol–water partition coefficient (Wildman–Crippen LogP) is 1.53. The monoisotopic (exact) mass is 254 g/mol. The quantitative estimate of drug-likeness (QED) is 0.774. The lowest BCUT2D eigenvalue weighted by atomic mass is 10.1. The maximum atomic E-state index is 12.8. The number of hydrogen-bond donors (Lipinski definition) is 3. The second kappa shape index (κ2) is 4.73. The van der Waals surface area contributed by atoms with Gasteiger partial charge in [-0.2, -0.15) is 0 Å². The topological polar surface area (TPSA) is 65.1 Å². The maximum Gasteiger partial charge on any atom is 0.287 e. The average molecular weight is 254 g/mol. The van der Waals surface area contributed by atoms with Gasteiger partial charge in [-0.3, -0.25) is 4.79 Å². The number of benzene rings is 1. The van der Waals surface area contributed by atoms with Crippen molar-refractivity contribution in [2.75, 3.05) is 13.2 Å². The molecule has 0 aliphatic heterocycles. The number of amides is 1. The molecule has 1 amide bonds. The molecule has 0 saturated carbocycles. The summed E-state index contributed by atoms with van der Waals surface area (Å²) in [7, 11) is 0. The van der Waals surface area contributed by atoms with Gasteiger partial charge in [-0.25, -0.2) is 8.78 Å². The third-order valence-electron chi connectivity index (χ3n) is 2.55. The number of aliphatic hydroxyl groups excluding tert-OH is 1. The molecule has 4 nitrogen and oxygen atoms in total. The van der Waals surface area contributed by atoms with Crippen LogP contribution in [-0.4, -0.2) is 35.1 Å². The summed E-state index contributed by atoms with van der Waals surface area (Å²) in [5.74, 6) is -3.89. The van der Waals surface area contributed by atoms with Crippen molar-refractivity contribution in [1.29, 1.82) is 0 Å². The van der Waals surface area contributed by atoms with Crippen LogP contribution in [0.25, 0.3) is 10.9 Å². The first kappa shape index (κ1) is 12.5. The summed E-state index contributed by atoms with van der Waals surface area (Å²) >= 11 is 0. The number of nitrogens with one attached hydrogen (secondary N) is 2. The molecule has 0 unspecified atom stereocenters. The van der Waals surface area contributed by atoms with E-state index in [9.17, 15) is 13.6 Å². The van der Waals surface area contributed by atoms with E-state index in [0.29, 0.717) is 5.56 Å². The van der Waals surface area contributed by atoms with Gasteiger partial charge >= 0.3 is 0 Å². The number of alkyl halides is 2. The van der Waals surface area contributed by atoms with E-state index in [1.165, 1.54) is 0 Å². The predicted molar refractivity (Wildman–Crippen MR) is 62.7 cm³/mol. The second-order valence-electron chi connectivity index (χ2n) is 3.98. The highest BCUT2D eigenvalue weighted by Crippen LogP contribution is 2.15. The van der Waals surface area contributed by atoms with E-state index in [2.05, 4.69) is 10.3 Å². The van der Waals surface area contributed by atoms with Gasteiger partial charge in [0.25, 0.3) is 11.8 Å². The van der Waals surface area contributed by atoms with Gasteiger partial charge in [-0.05, 0) is 24.3 Å². The molecule has 0 atom stereocenters. The SMILES string of the molecule is O=C(NCC(F)(F)CO)c1ccc2[nH]ccc2c1. The molecular weight excluding hydrogens is 242 g/mol. The van der Waals surface area contributed by atoms with Crippen molar-refractivity contribution in [3.05, 3.63) is 36.0 Å². The molecule has 0 aliphatic carbocycles. The number of fused-ring (bicyclic) bond motifs is 1. The molecule has 1 heterocycles. The van der Waals surface area contributed by atoms with E-state index in [1.54, 1.807) is 30.5 Å². The summed E-state index contributed by atoms with van der Waals surface area (Å²) in [4.78, 5) is 14.6. The molecule has 0 saturated heterocycles. The van der Waals surface area contributed by atoms with Crippen molar-refractivity contribution < 1.29 is 18.7 Å². The summed E-state index contributed by atoms with van der Waals surface area (Å²) in [6.07, 6.45) is 1.73. The number of aromatic nitrogens is 1. The highest BCUT2D eigenvalue weighted by atomic mass is 19.3. The Morgan fingerprint density at radius 1 is 1.39 bits per heavy atom. The largest absolute Gasteiger partial charge is 0.390 e. The standard InChI is InChI=1S/C12H12F2N2O2/c13-12(14,7-17)6-16-11(18)9-1-2-10-8(5-9)3-4-15-10/h1-5,15,17H,6-7H2,(H,16,18). The van der Waals surface area contributed by atoms with Crippen molar-refractivity contribution in [2.45, 2.75) is 5.92 Å². The zero-order chi connectivity index (χ0) is 13.2. The van der Waals surface area contributed by atoms with Crippen LogP contribution >= 0.6 is 0 Å². The Balaban J connectivity index is 2.08. The van der Waals surface area contributed by atoms with Crippen molar-refractivity contribution in [1.82, 2.24) is 10.3 Å². The van der Waals surface area contributed by atoms with Crippen LogP contribution in [0.15, 0.2) is 30.5 Å². The minimum absolute atomic E-state index is 0.302. The number of aromatic amines is 1. The molecule has 0 spiro atoms. The van der Waals surface area contributed by atoms with E-state index in [1.807, 2.05) is 0 Å². The maximum absolute atomic E-state index is 12.8. The van der Waals surface area contributed by atoms with Crippen molar-refractivity contribution in [3.63, 3.8) is 0 Å². The number of halogens is 2. The van der Waals surface area contributed by atoms with Gasteiger partial charge in [0.1, 0.15) is 6.61 Å². The number of H-pyrrole nitrogens is 1. The summed E-state index contributed by atoms with van der Waals surface area (Å²) in [5, 5.41) is 11.3. The third-order valence-corrected chi connectivity index (χ3v) is 2.55. The van der Waals surface area contributed by atoms with Crippen LogP contribution in [0.2, 0.25) is 0 Å². The van der Waals surface area contributed by atoms with E-state index in [0.717, 1.165) is 10.9 Å². The lowest BCUT2D eigenvalue weighted by Crippen LogP contribution is -2.38. The van der Waals surface area contributed by atoms with E-state index in [4.69, 9.17) is 5.11 Å². The zero-order valence-corrected chi connectivity index (χ0v) is 9.41. The first-order valence-electron chi connectivity index (χ1n) is 5.36. The molecule has 96 valence electrons. The molecule has 0 bridgehead atoms. The molecule has 0 radical (unpaired) electrons. The third kappa shape index (κ3) is 2.65. The van der Waals surface area contributed by atoms with Gasteiger partial charge in [0.15, 0.2) is 0 Å². The first-order valence-corrected chi connectivity index (χ1v) is 5.36. The van der Waals surface area contributed by atoms with Crippen LogP contribution in [0.5, 0.6) is 0 Å². The Morgan fingerprint density at radius 3 is 2.89 bits per heavy atom. The van der Waals surface area contributed by atoms with Gasteiger partial charge in [0.05, 0.1) is 6.54 Å². The average Bonchev–Trinajstić information content (AvgIpc) is 2.83. The molecule has 18 heavy (non-hydrogen) atoms. The molecule has 1 aromatic heterocycles. The highest BCUT2D eigenvalue weighted by molar-refractivity contribution is 5.98. The summed E-state index contributed by atoms with van der Waals surface area (Å²) in [6.45, 7) is -2.17. The molecule has 1 aromatic carbocycles. The van der Waals surface area contributed by atoms with Crippen LogP contribution in [0.4, 0.5) is 8.78 Å². The van der Waals surface area contributed by atoms with Crippen molar-refractivity contribution >= 4 is 16.8 Å². The fraction of sp³-hybridized carbons (Fsp3) is 0.250. The van der Waals surface area contributed by atoms with Gasteiger partial charge in [-0.15, -0.1) is 0 Å². The van der Waals surface area contributed by atoms with Crippen LogP contribution in [0, 0.1) is 0 Å². The van der Waals surface area contributed by atoms with E-state index in [-0.39, 0.29) is 0 Å². The molecule has 2 rings (SSSR count). The van der Waals surface area contributed by atoms with Crippen LogP contribution in [-0.2, 0) is 0 Å². The van der Waals surface area contributed by atoms with Crippen molar-refractivity contribution in [3.8, 4) is 0 Å². The fourth-order valence-electron chi connectivity index (χ4n) is 1.56. The lowest BCUT2D eigenvalue weighted by Gasteiger charge is -2.13. The van der Waals surface area contributed by atoms with E-state index < -0.39 is 25.0 Å². The van der Waals surface area contributed by atoms with Gasteiger partial charge in [-0.1, -0.05) is 0 Å². The van der Waals surface area contributed by atoms with Gasteiger partial charge in [0.2, 0.25) is 0 Å². The minimum atomic E-state index is -3.30. The Bertz CT molecular complexity index is 566. The Morgan fingerprint density at radius 2 is 2.17 bits per heavy atom. The molecule has 0 fully saturated rings. The molecule has 2 aromatic rings. The molecule has 6 heteroatoms.